The van der Waals surface area contributed by atoms with Crippen LogP contribution >= 0.6 is 0 Å². The van der Waals surface area contributed by atoms with Gasteiger partial charge in [-0.1, -0.05) is 13.3 Å². The number of nitrogens with two attached hydrogens (primary N) is 1. The standard InChI is InChI=1S/C14H25N5/c1-3-4-7-16-13-9-14(18-11(2)17-13)19-8-5-6-12(15)10-19/h9,12H,3-8,10,15H2,1-2H3,(H,16,17,18). The lowest BCUT2D eigenvalue weighted by Gasteiger charge is -2.31. The monoisotopic (exact) mass is 263 g/mol. The molecule has 0 spiro atoms. The van der Waals surface area contributed by atoms with Crippen molar-refractivity contribution in [3.05, 3.63) is 11.9 Å². The van der Waals surface area contributed by atoms with E-state index in [4.69, 9.17) is 5.73 Å². The van der Waals surface area contributed by atoms with Crippen LogP contribution in [0.15, 0.2) is 6.07 Å². The van der Waals surface area contributed by atoms with Gasteiger partial charge in [-0.3, -0.25) is 0 Å². The molecule has 2 heterocycles. The molecule has 1 aliphatic heterocycles. The normalized spacial score (nSPS) is 19.5. The summed E-state index contributed by atoms with van der Waals surface area (Å²) in [6.45, 7) is 7.03. The summed E-state index contributed by atoms with van der Waals surface area (Å²) in [6.07, 6.45) is 4.60. The number of aromatic nitrogens is 2. The van der Waals surface area contributed by atoms with Gasteiger partial charge in [-0.05, 0) is 26.2 Å². The van der Waals surface area contributed by atoms with Crippen LogP contribution in [0.3, 0.4) is 0 Å². The van der Waals surface area contributed by atoms with E-state index in [1.807, 2.05) is 13.0 Å². The second kappa shape index (κ2) is 6.70. The number of nitrogens with one attached hydrogen (secondary N) is 1. The van der Waals surface area contributed by atoms with E-state index in [1.54, 1.807) is 0 Å². The van der Waals surface area contributed by atoms with Gasteiger partial charge in [0.1, 0.15) is 17.5 Å². The van der Waals surface area contributed by atoms with Crippen LogP contribution in [0.5, 0.6) is 0 Å². The SMILES string of the molecule is CCCCNc1cc(N2CCCC(N)C2)nc(C)n1. The lowest BCUT2D eigenvalue weighted by molar-refractivity contribution is 0.502. The lowest BCUT2D eigenvalue weighted by atomic mass is 10.1. The molecule has 1 unspecified atom stereocenters. The van der Waals surface area contributed by atoms with Gasteiger partial charge in [0.25, 0.3) is 0 Å². The summed E-state index contributed by atoms with van der Waals surface area (Å²) in [7, 11) is 0. The molecule has 5 nitrogen and oxygen atoms in total. The summed E-state index contributed by atoms with van der Waals surface area (Å²) < 4.78 is 0. The topological polar surface area (TPSA) is 67.1 Å². The molecule has 0 aromatic carbocycles. The summed E-state index contributed by atoms with van der Waals surface area (Å²) in [6, 6.07) is 2.31. The number of piperidine rings is 1. The van der Waals surface area contributed by atoms with Gasteiger partial charge in [-0.15, -0.1) is 0 Å². The predicted octanol–water partition coefficient (Wildman–Crippen LogP) is 1.92. The van der Waals surface area contributed by atoms with Crippen molar-refractivity contribution in [3.8, 4) is 0 Å². The lowest BCUT2D eigenvalue weighted by Crippen LogP contribution is -2.43. The minimum Gasteiger partial charge on any atom is -0.370 e. The zero-order chi connectivity index (χ0) is 13.7. The van der Waals surface area contributed by atoms with Crippen LogP contribution in [0, 0.1) is 6.92 Å². The van der Waals surface area contributed by atoms with Crippen molar-refractivity contribution in [1.82, 2.24) is 9.97 Å². The molecule has 0 amide bonds. The quantitative estimate of drug-likeness (QED) is 0.795. The van der Waals surface area contributed by atoms with Gasteiger partial charge in [0.15, 0.2) is 0 Å². The number of aryl methyl sites for hydroxylation is 1. The van der Waals surface area contributed by atoms with Crippen molar-refractivity contribution in [2.75, 3.05) is 29.9 Å². The smallest absolute Gasteiger partial charge is 0.134 e. The van der Waals surface area contributed by atoms with Crippen LogP contribution in [0.2, 0.25) is 0 Å². The molecule has 106 valence electrons. The third kappa shape index (κ3) is 4.06. The molecule has 3 N–H and O–H groups in total. The molecule has 2 rings (SSSR count). The van der Waals surface area contributed by atoms with Crippen molar-refractivity contribution in [1.29, 1.82) is 0 Å². The van der Waals surface area contributed by atoms with Crippen LogP contribution in [0.25, 0.3) is 0 Å². The Morgan fingerprint density at radius 3 is 3.05 bits per heavy atom. The van der Waals surface area contributed by atoms with E-state index in [-0.39, 0.29) is 6.04 Å². The Kier molecular flexibility index (Phi) is 4.96. The Morgan fingerprint density at radius 2 is 2.32 bits per heavy atom. The zero-order valence-corrected chi connectivity index (χ0v) is 12.0. The van der Waals surface area contributed by atoms with E-state index in [0.717, 1.165) is 56.4 Å². The summed E-state index contributed by atoms with van der Waals surface area (Å²) >= 11 is 0. The molecule has 1 fully saturated rings. The first-order valence-electron chi connectivity index (χ1n) is 7.29. The summed E-state index contributed by atoms with van der Waals surface area (Å²) in [5.41, 5.74) is 6.04. The number of hydrogen-bond acceptors (Lipinski definition) is 5. The largest absolute Gasteiger partial charge is 0.370 e. The maximum absolute atomic E-state index is 6.04. The maximum Gasteiger partial charge on any atom is 0.134 e. The first-order valence-corrected chi connectivity index (χ1v) is 7.29. The maximum atomic E-state index is 6.04. The highest BCUT2D eigenvalue weighted by molar-refractivity contribution is 5.49. The minimum atomic E-state index is 0.264. The van der Waals surface area contributed by atoms with E-state index in [9.17, 15) is 0 Å². The van der Waals surface area contributed by atoms with Gasteiger partial charge in [0, 0.05) is 31.7 Å². The Bertz CT molecular complexity index is 407. The highest BCUT2D eigenvalue weighted by Crippen LogP contribution is 2.20. The van der Waals surface area contributed by atoms with Crippen molar-refractivity contribution in [2.45, 2.75) is 45.6 Å². The van der Waals surface area contributed by atoms with Crippen LogP contribution < -0.4 is 16.0 Å². The van der Waals surface area contributed by atoms with E-state index in [2.05, 4.69) is 27.1 Å². The predicted molar refractivity (Wildman–Crippen MR) is 79.6 cm³/mol. The molecule has 1 atom stereocenters. The average molecular weight is 263 g/mol. The second-order valence-electron chi connectivity index (χ2n) is 5.29. The minimum absolute atomic E-state index is 0.264. The summed E-state index contributed by atoms with van der Waals surface area (Å²) in [5.74, 6) is 2.74. The van der Waals surface area contributed by atoms with Crippen molar-refractivity contribution < 1.29 is 0 Å². The fourth-order valence-electron chi connectivity index (χ4n) is 2.42. The first kappa shape index (κ1) is 14.1. The van der Waals surface area contributed by atoms with Gasteiger partial charge in [-0.2, -0.15) is 0 Å². The van der Waals surface area contributed by atoms with Crippen molar-refractivity contribution >= 4 is 11.6 Å². The fourth-order valence-corrected chi connectivity index (χ4v) is 2.42. The van der Waals surface area contributed by atoms with Gasteiger partial charge < -0.3 is 16.0 Å². The molecule has 0 saturated carbocycles. The van der Waals surface area contributed by atoms with Crippen molar-refractivity contribution in [2.24, 2.45) is 5.73 Å². The number of anilines is 2. The summed E-state index contributed by atoms with van der Waals surface area (Å²) in [4.78, 5) is 11.3. The Balaban J connectivity index is 2.07. The highest BCUT2D eigenvalue weighted by atomic mass is 15.2. The molecule has 0 bridgehead atoms. The Hall–Kier alpha value is -1.36. The van der Waals surface area contributed by atoms with Crippen LogP contribution in [0.1, 0.15) is 38.4 Å². The molecule has 5 heteroatoms. The Morgan fingerprint density at radius 1 is 1.47 bits per heavy atom. The van der Waals surface area contributed by atoms with E-state index < -0.39 is 0 Å². The van der Waals surface area contributed by atoms with Crippen molar-refractivity contribution in [3.63, 3.8) is 0 Å². The van der Waals surface area contributed by atoms with Crippen LogP contribution in [-0.2, 0) is 0 Å². The van der Waals surface area contributed by atoms with E-state index in [1.165, 1.54) is 6.42 Å². The zero-order valence-electron chi connectivity index (χ0n) is 12.0. The second-order valence-corrected chi connectivity index (χ2v) is 5.29. The molecule has 0 radical (unpaired) electrons. The number of hydrogen-bond donors (Lipinski definition) is 2. The molecule has 1 aromatic rings. The average Bonchev–Trinajstić information content (AvgIpc) is 2.38. The highest BCUT2D eigenvalue weighted by Gasteiger charge is 2.18. The van der Waals surface area contributed by atoms with Crippen LogP contribution in [0.4, 0.5) is 11.6 Å². The van der Waals surface area contributed by atoms with Gasteiger partial charge >= 0.3 is 0 Å². The Labute approximate surface area is 115 Å². The molecule has 0 aliphatic carbocycles. The molecular weight excluding hydrogens is 238 g/mol. The van der Waals surface area contributed by atoms with E-state index in [0.29, 0.717) is 0 Å². The number of unbranched alkanes of at least 4 members (excludes halogenated alkanes) is 1. The van der Waals surface area contributed by atoms with Gasteiger partial charge in [0.05, 0.1) is 0 Å². The third-order valence-electron chi connectivity index (χ3n) is 3.44. The van der Waals surface area contributed by atoms with Gasteiger partial charge in [0.2, 0.25) is 0 Å². The van der Waals surface area contributed by atoms with Gasteiger partial charge in [-0.25, -0.2) is 9.97 Å². The van der Waals surface area contributed by atoms with E-state index >= 15 is 0 Å². The molecule has 1 aliphatic rings. The molecule has 1 aromatic heterocycles. The third-order valence-corrected chi connectivity index (χ3v) is 3.44. The number of nitrogens with zero attached hydrogens (tertiary/aromatic N) is 3. The fraction of sp³-hybridized carbons (Fsp3) is 0.714. The van der Waals surface area contributed by atoms with Crippen LogP contribution in [-0.4, -0.2) is 35.6 Å². The summed E-state index contributed by atoms with van der Waals surface area (Å²) in [5, 5.41) is 3.37. The number of rotatable bonds is 5. The molecular formula is C14H25N5. The molecule has 19 heavy (non-hydrogen) atoms. The first-order chi connectivity index (χ1) is 9.19. The molecule has 1 saturated heterocycles.